The molecular weight excluding hydrogens is 591 g/mol. The first-order valence-electron chi connectivity index (χ1n) is 18.5. The summed E-state index contributed by atoms with van der Waals surface area (Å²) in [4.78, 5) is 42.6. The van der Waals surface area contributed by atoms with E-state index < -0.39 is 32.5 Å². The van der Waals surface area contributed by atoms with Crippen LogP contribution in [0.15, 0.2) is 12.2 Å². The average molecular weight is 661 g/mol. The Morgan fingerprint density at radius 2 is 0.933 bits per heavy atom. The maximum Gasteiger partial charge on any atom is 0.469 e. The van der Waals surface area contributed by atoms with Gasteiger partial charge >= 0.3 is 19.8 Å². The molecule has 0 rings (SSSR count). The monoisotopic (exact) mass is 660 g/mol. The Morgan fingerprint density at radius 1 is 0.556 bits per heavy atom. The second kappa shape index (κ2) is 32.7. The lowest BCUT2D eigenvalue weighted by molar-refractivity contribution is -0.161. The van der Waals surface area contributed by atoms with Gasteiger partial charge < -0.3 is 19.3 Å². The zero-order valence-corrected chi connectivity index (χ0v) is 29.9. The first kappa shape index (κ1) is 43.8. The molecule has 0 aliphatic heterocycles. The van der Waals surface area contributed by atoms with E-state index in [0.29, 0.717) is 6.42 Å². The van der Waals surface area contributed by atoms with Gasteiger partial charge in [-0.1, -0.05) is 148 Å². The van der Waals surface area contributed by atoms with E-state index in [1.807, 2.05) is 0 Å². The summed E-state index contributed by atoms with van der Waals surface area (Å²) >= 11 is 0. The number of esters is 2. The number of hydrogen-bond acceptors (Lipinski definition) is 6. The van der Waals surface area contributed by atoms with Gasteiger partial charge in [0.2, 0.25) is 0 Å². The van der Waals surface area contributed by atoms with Crippen LogP contribution in [0, 0.1) is 0 Å². The van der Waals surface area contributed by atoms with E-state index in [2.05, 4.69) is 30.5 Å². The Morgan fingerprint density at radius 3 is 1.36 bits per heavy atom. The fraction of sp³-hybridized carbons (Fsp3) is 0.889. The first-order chi connectivity index (χ1) is 21.8. The fourth-order valence-electron chi connectivity index (χ4n) is 5.25. The Labute approximate surface area is 276 Å². The lowest BCUT2D eigenvalue weighted by Gasteiger charge is -2.18. The minimum absolute atomic E-state index is 0.206. The topological polar surface area (TPSA) is 119 Å². The molecule has 2 N–H and O–H groups in total. The molecule has 0 bridgehead atoms. The number of phosphoric acid groups is 1. The van der Waals surface area contributed by atoms with Crippen LogP contribution < -0.4 is 0 Å². The van der Waals surface area contributed by atoms with Crippen LogP contribution in [0.1, 0.15) is 187 Å². The number of ether oxygens (including phenoxy) is 2. The van der Waals surface area contributed by atoms with Gasteiger partial charge in [0.15, 0.2) is 6.10 Å². The SMILES string of the molecule is CCCCCCC/C=C\CCCCCCCC(=O)O[C@@H](COC(=O)CCCCCCCCCCCCCCC)COP(=O)(O)O. The third-order valence-corrected chi connectivity index (χ3v) is 8.52. The summed E-state index contributed by atoms with van der Waals surface area (Å²) in [7, 11) is -4.74. The zero-order chi connectivity index (χ0) is 33.3. The van der Waals surface area contributed by atoms with Crippen molar-refractivity contribution in [3.8, 4) is 0 Å². The van der Waals surface area contributed by atoms with Crippen LogP contribution in [-0.2, 0) is 28.2 Å². The number of carbonyl (C=O) groups excluding carboxylic acids is 2. The van der Waals surface area contributed by atoms with E-state index in [-0.39, 0.29) is 19.4 Å². The number of carbonyl (C=O) groups is 2. The van der Waals surface area contributed by atoms with Gasteiger partial charge in [0, 0.05) is 12.8 Å². The van der Waals surface area contributed by atoms with Crippen molar-refractivity contribution in [1.82, 2.24) is 0 Å². The third kappa shape index (κ3) is 35.5. The smallest absolute Gasteiger partial charge is 0.462 e. The van der Waals surface area contributed by atoms with Crippen molar-refractivity contribution in [3.63, 3.8) is 0 Å². The molecule has 0 radical (unpaired) electrons. The average Bonchev–Trinajstić information content (AvgIpc) is 3.00. The first-order valence-corrected chi connectivity index (χ1v) is 20.0. The molecule has 0 spiro atoms. The molecule has 0 aromatic heterocycles. The second-order valence-electron chi connectivity index (χ2n) is 12.6. The van der Waals surface area contributed by atoms with Crippen molar-refractivity contribution < 1.29 is 37.9 Å². The van der Waals surface area contributed by atoms with Gasteiger partial charge in [0.25, 0.3) is 0 Å². The molecule has 0 saturated carbocycles. The normalized spacial score (nSPS) is 12.5. The minimum Gasteiger partial charge on any atom is -0.462 e. The van der Waals surface area contributed by atoms with Crippen molar-refractivity contribution in [1.29, 1.82) is 0 Å². The van der Waals surface area contributed by atoms with Gasteiger partial charge in [-0.05, 0) is 38.5 Å². The molecule has 1 atom stereocenters. The Bertz CT molecular complexity index is 751. The predicted octanol–water partition coefficient (Wildman–Crippen LogP) is 10.7. The van der Waals surface area contributed by atoms with E-state index >= 15 is 0 Å². The van der Waals surface area contributed by atoms with Gasteiger partial charge in [0.1, 0.15) is 6.61 Å². The summed E-state index contributed by atoms with van der Waals surface area (Å²) < 4.78 is 26.3. The molecule has 266 valence electrons. The molecule has 0 aliphatic rings. The molecule has 0 unspecified atom stereocenters. The third-order valence-electron chi connectivity index (χ3n) is 8.03. The van der Waals surface area contributed by atoms with E-state index in [9.17, 15) is 14.2 Å². The van der Waals surface area contributed by atoms with Crippen LogP contribution in [0.5, 0.6) is 0 Å². The van der Waals surface area contributed by atoms with E-state index in [1.165, 1.54) is 103 Å². The molecule has 45 heavy (non-hydrogen) atoms. The van der Waals surface area contributed by atoms with Crippen LogP contribution in [0.4, 0.5) is 0 Å². The highest BCUT2D eigenvalue weighted by Crippen LogP contribution is 2.36. The lowest BCUT2D eigenvalue weighted by atomic mass is 10.0. The summed E-state index contributed by atoms with van der Waals surface area (Å²) in [5.41, 5.74) is 0. The summed E-state index contributed by atoms with van der Waals surface area (Å²) in [5, 5.41) is 0. The van der Waals surface area contributed by atoms with Crippen LogP contribution in [0.2, 0.25) is 0 Å². The van der Waals surface area contributed by atoms with Gasteiger partial charge in [-0.2, -0.15) is 0 Å². The zero-order valence-electron chi connectivity index (χ0n) is 29.0. The van der Waals surface area contributed by atoms with Crippen LogP contribution in [-0.4, -0.2) is 41.0 Å². The van der Waals surface area contributed by atoms with Crippen molar-refractivity contribution in [2.24, 2.45) is 0 Å². The Balaban J connectivity index is 3.97. The highest BCUT2D eigenvalue weighted by Gasteiger charge is 2.22. The van der Waals surface area contributed by atoms with Gasteiger partial charge in [-0.3, -0.25) is 14.1 Å². The van der Waals surface area contributed by atoms with Crippen molar-refractivity contribution in [2.45, 2.75) is 193 Å². The lowest BCUT2D eigenvalue weighted by Crippen LogP contribution is -2.29. The van der Waals surface area contributed by atoms with Crippen LogP contribution >= 0.6 is 7.82 Å². The molecule has 0 aliphatic carbocycles. The predicted molar refractivity (Wildman–Crippen MR) is 184 cm³/mol. The standard InChI is InChI=1S/C36H69O8P/c1-3-5-7-9-11-13-15-17-19-21-23-25-27-29-31-36(38)44-34(33-43-45(39,40)41)32-42-35(37)30-28-26-24-22-20-18-16-14-12-10-8-6-4-2/h15,17,34H,3-14,16,18-33H2,1-2H3,(H2,39,40,41)/b17-15-/t34-/m0/s1. The maximum absolute atomic E-state index is 12.3. The number of unbranched alkanes of at least 4 members (excludes halogenated alkanes) is 22. The molecule has 8 nitrogen and oxygen atoms in total. The van der Waals surface area contributed by atoms with Crippen molar-refractivity contribution in [3.05, 3.63) is 12.2 Å². The minimum atomic E-state index is -4.74. The van der Waals surface area contributed by atoms with Crippen molar-refractivity contribution >= 4 is 19.8 Å². The molecule has 0 aromatic rings. The molecule has 0 saturated heterocycles. The summed E-state index contributed by atoms with van der Waals surface area (Å²) in [6.45, 7) is 3.66. The molecule has 9 heteroatoms. The largest absolute Gasteiger partial charge is 0.469 e. The van der Waals surface area contributed by atoms with E-state index in [4.69, 9.17) is 19.3 Å². The highest BCUT2D eigenvalue weighted by molar-refractivity contribution is 7.46. The van der Waals surface area contributed by atoms with Gasteiger partial charge in [-0.25, -0.2) is 4.57 Å². The van der Waals surface area contributed by atoms with Crippen LogP contribution in [0.25, 0.3) is 0 Å². The van der Waals surface area contributed by atoms with Gasteiger partial charge in [0.05, 0.1) is 6.61 Å². The Kier molecular flexibility index (Phi) is 31.8. The van der Waals surface area contributed by atoms with Crippen LogP contribution in [0.3, 0.4) is 0 Å². The number of phosphoric ester groups is 1. The quantitative estimate of drug-likeness (QED) is 0.0303. The van der Waals surface area contributed by atoms with E-state index in [0.717, 1.165) is 51.4 Å². The molecule has 0 aromatic carbocycles. The summed E-state index contributed by atoms with van der Waals surface area (Å²) in [5.74, 6) is -0.888. The second-order valence-corrected chi connectivity index (χ2v) is 13.8. The van der Waals surface area contributed by atoms with Gasteiger partial charge in [-0.15, -0.1) is 0 Å². The molecular formula is C36H69O8P. The molecule has 0 amide bonds. The highest BCUT2D eigenvalue weighted by atomic mass is 31.2. The fourth-order valence-corrected chi connectivity index (χ4v) is 5.61. The van der Waals surface area contributed by atoms with E-state index in [1.54, 1.807) is 0 Å². The summed E-state index contributed by atoms with van der Waals surface area (Å²) in [6.07, 6.45) is 33.6. The number of allylic oxidation sites excluding steroid dienone is 2. The van der Waals surface area contributed by atoms with Crippen molar-refractivity contribution in [2.75, 3.05) is 13.2 Å². The number of hydrogen-bond donors (Lipinski definition) is 2. The maximum atomic E-state index is 12.3. The molecule has 0 fully saturated rings. The number of rotatable bonds is 34. The molecule has 0 heterocycles. The summed E-state index contributed by atoms with van der Waals surface area (Å²) in [6, 6.07) is 0. The Hall–Kier alpha value is -1.21.